The van der Waals surface area contributed by atoms with Crippen LogP contribution in [-0.2, 0) is 35.2 Å². The summed E-state index contributed by atoms with van der Waals surface area (Å²) in [5.74, 6) is -3.49. The van der Waals surface area contributed by atoms with Crippen molar-refractivity contribution in [3.8, 4) is 0 Å². The first-order chi connectivity index (χ1) is 22.7. The van der Waals surface area contributed by atoms with Gasteiger partial charge in [-0.2, -0.15) is 0 Å². The first kappa shape index (κ1) is 33.1. The minimum atomic E-state index is -1.39. The number of aliphatic hydroxyl groups is 1. The Morgan fingerprint density at radius 1 is 0.957 bits per heavy atom. The van der Waals surface area contributed by atoms with E-state index in [1.165, 1.54) is 0 Å². The highest BCUT2D eigenvalue weighted by Gasteiger charge is 2.74. The molecule has 1 spiro atoms. The van der Waals surface area contributed by atoms with E-state index in [9.17, 15) is 24.3 Å². The van der Waals surface area contributed by atoms with Gasteiger partial charge in [-0.3, -0.25) is 19.2 Å². The van der Waals surface area contributed by atoms with Crippen molar-refractivity contribution >= 4 is 39.6 Å². The quantitative estimate of drug-likeness (QED) is 0.255. The van der Waals surface area contributed by atoms with E-state index >= 15 is 0 Å². The maximum Gasteiger partial charge on any atom is 0.313 e. The van der Waals surface area contributed by atoms with Crippen LogP contribution in [-0.4, -0.2) is 82.1 Å². The van der Waals surface area contributed by atoms with Gasteiger partial charge >= 0.3 is 5.97 Å². The molecule has 2 N–H and O–H groups in total. The zero-order chi connectivity index (χ0) is 33.1. The number of unbranched alkanes of at least 4 members (excludes halogenated alkanes) is 1. The minimum Gasteiger partial charge on any atom is -0.455 e. The summed E-state index contributed by atoms with van der Waals surface area (Å²) in [6.07, 6.45) is 5.51. The smallest absolute Gasteiger partial charge is 0.313 e. The predicted octanol–water partition coefficient (Wildman–Crippen LogP) is 3.80. The minimum absolute atomic E-state index is 0.0469. The Balaban J connectivity index is 1.43. The largest absolute Gasteiger partial charge is 0.455 e. The number of esters is 1. The summed E-state index contributed by atoms with van der Waals surface area (Å²) in [6, 6.07) is 17.2. The zero-order valence-corrected chi connectivity index (χ0v) is 27.9. The molecule has 4 heterocycles. The van der Waals surface area contributed by atoms with E-state index in [2.05, 4.69) is 21.2 Å². The second-order valence-corrected chi connectivity index (χ2v) is 13.5. The molecule has 10 nitrogen and oxygen atoms in total. The molecule has 0 radical (unpaired) electrons. The molecule has 7 atom stereocenters. The van der Waals surface area contributed by atoms with Gasteiger partial charge in [-0.15, -0.1) is 0 Å². The van der Waals surface area contributed by atoms with E-state index in [1.54, 1.807) is 22.8 Å². The van der Waals surface area contributed by atoms with Crippen LogP contribution in [0.5, 0.6) is 0 Å². The number of amides is 3. The first-order valence-corrected chi connectivity index (χ1v) is 17.0. The number of cyclic esters (lactones) is 1. The Hall–Kier alpha value is -3.80. The Kier molecular flexibility index (Phi) is 9.96. The number of nitrogens with zero attached hydrogens (tertiary/aromatic N) is 2. The van der Waals surface area contributed by atoms with Crippen molar-refractivity contribution in [2.24, 2.45) is 11.8 Å². The molecule has 4 aliphatic heterocycles. The third-order valence-corrected chi connectivity index (χ3v) is 10.2. The second-order valence-electron chi connectivity index (χ2n) is 12.6. The van der Waals surface area contributed by atoms with E-state index in [4.69, 9.17) is 9.47 Å². The molecule has 47 heavy (non-hydrogen) atoms. The molecule has 0 unspecified atom stereocenters. The molecule has 0 aliphatic carbocycles. The fourth-order valence-electron chi connectivity index (χ4n) is 7.35. The van der Waals surface area contributed by atoms with Gasteiger partial charge in [-0.05, 0) is 43.4 Å². The number of nitrogens with one attached hydrogen (secondary N) is 1. The van der Waals surface area contributed by atoms with Crippen molar-refractivity contribution in [3.05, 3.63) is 94.5 Å². The van der Waals surface area contributed by atoms with Gasteiger partial charge in [0.2, 0.25) is 17.7 Å². The number of carbonyl (C=O) groups excluding carboxylic acids is 4. The topological polar surface area (TPSA) is 125 Å². The molecule has 4 aliphatic rings. The van der Waals surface area contributed by atoms with E-state index in [0.717, 1.165) is 5.56 Å². The fourth-order valence-corrected chi connectivity index (χ4v) is 8.09. The average Bonchev–Trinajstić information content (AvgIpc) is 3.66. The number of hydrogen-bond acceptors (Lipinski definition) is 7. The number of fused-ring (bicyclic) bond motifs is 2. The number of likely N-dealkylation sites (tertiary alicyclic amines) is 1. The standard InChI is InChI=1S/C36H40BrN3O7/c1-23-30(25-15-7-3-8-16-25)46-35(45)28-29-33(43)40(19-11-12-20-41)32(36(29)21-26(37)31(28)47-36)34(44)39(22-24-13-5-2-6-14-24)18-10-4-9-17-27(42)38-23/h2-8,10,13-16,21,23,28-32,41H,9,11-12,17-20,22H2,1H3,(H,38,42)/b10-4-/t23-,28+,29-,30+,31+,32+,36-/m0/s1. The summed E-state index contributed by atoms with van der Waals surface area (Å²) in [7, 11) is 0. The fraction of sp³-hybridized carbons (Fsp3) is 0.444. The maximum atomic E-state index is 14.8. The summed E-state index contributed by atoms with van der Waals surface area (Å²) < 4.78 is 13.4. The molecule has 5 bridgehead atoms. The predicted molar refractivity (Wildman–Crippen MR) is 177 cm³/mol. The van der Waals surface area contributed by atoms with E-state index in [1.807, 2.05) is 72.8 Å². The lowest BCUT2D eigenvalue weighted by Crippen LogP contribution is -2.55. The van der Waals surface area contributed by atoms with Gasteiger partial charge in [0.15, 0.2) is 0 Å². The van der Waals surface area contributed by atoms with Crippen LogP contribution < -0.4 is 5.32 Å². The van der Waals surface area contributed by atoms with Crippen LogP contribution in [0.25, 0.3) is 0 Å². The summed E-state index contributed by atoms with van der Waals surface area (Å²) >= 11 is 3.60. The summed E-state index contributed by atoms with van der Waals surface area (Å²) in [5.41, 5.74) is 0.225. The monoisotopic (exact) mass is 705 g/mol. The summed E-state index contributed by atoms with van der Waals surface area (Å²) in [5, 5.41) is 12.5. The van der Waals surface area contributed by atoms with Crippen LogP contribution in [0.1, 0.15) is 49.8 Å². The number of aliphatic hydroxyl groups excluding tert-OH is 1. The Labute approximate surface area is 282 Å². The molecule has 6 rings (SSSR count). The van der Waals surface area contributed by atoms with E-state index in [-0.39, 0.29) is 50.4 Å². The van der Waals surface area contributed by atoms with Crippen molar-refractivity contribution in [2.75, 3.05) is 19.7 Å². The number of halogens is 1. The van der Waals surface area contributed by atoms with Crippen LogP contribution in [0.2, 0.25) is 0 Å². The average molecular weight is 707 g/mol. The van der Waals surface area contributed by atoms with Gasteiger partial charge in [0, 0.05) is 37.1 Å². The van der Waals surface area contributed by atoms with Gasteiger partial charge in [0.05, 0.1) is 12.0 Å². The molecule has 0 saturated carbocycles. The van der Waals surface area contributed by atoms with Gasteiger partial charge < -0.3 is 29.7 Å². The highest BCUT2D eigenvalue weighted by Crippen LogP contribution is 2.59. The van der Waals surface area contributed by atoms with Crippen molar-refractivity contribution in [1.29, 1.82) is 0 Å². The molecule has 11 heteroatoms. The van der Waals surface area contributed by atoms with Crippen LogP contribution in [0.4, 0.5) is 0 Å². The van der Waals surface area contributed by atoms with Crippen LogP contribution in [0.3, 0.4) is 0 Å². The van der Waals surface area contributed by atoms with Gasteiger partial charge in [0.25, 0.3) is 0 Å². The molecule has 0 aromatic heterocycles. The van der Waals surface area contributed by atoms with Crippen molar-refractivity contribution < 1.29 is 33.8 Å². The molecule has 2 fully saturated rings. The second kappa shape index (κ2) is 14.1. The normalized spacial score (nSPS) is 31.8. The first-order valence-electron chi connectivity index (χ1n) is 16.2. The molecule has 2 aromatic carbocycles. The number of rotatable bonds is 7. The summed E-state index contributed by atoms with van der Waals surface area (Å²) in [4.78, 5) is 59.7. The van der Waals surface area contributed by atoms with Crippen molar-refractivity contribution in [2.45, 2.75) is 69.0 Å². The zero-order valence-electron chi connectivity index (χ0n) is 26.3. The van der Waals surface area contributed by atoms with E-state index < -0.39 is 47.7 Å². The van der Waals surface area contributed by atoms with Crippen molar-refractivity contribution in [1.82, 2.24) is 15.1 Å². The van der Waals surface area contributed by atoms with Crippen LogP contribution >= 0.6 is 15.9 Å². The van der Waals surface area contributed by atoms with Gasteiger partial charge in [0.1, 0.15) is 29.8 Å². The lowest BCUT2D eigenvalue weighted by molar-refractivity contribution is -0.161. The Morgan fingerprint density at radius 3 is 2.40 bits per heavy atom. The Bertz CT molecular complexity index is 1550. The highest BCUT2D eigenvalue weighted by atomic mass is 79.9. The molecular formula is C36H40BrN3O7. The third-order valence-electron chi connectivity index (χ3n) is 9.51. The molecule has 2 saturated heterocycles. The van der Waals surface area contributed by atoms with Gasteiger partial charge in [-0.1, -0.05) is 88.7 Å². The SMILES string of the molecule is C[C@@H]1NC(=O)CC/C=C\CN(Cc2ccccc2)C(=O)[C@H]2N(CCCCO)C(=O)[C@@H]3[C@@H](C(=O)O[C@H]1c1ccccc1)[C@@H]1O[C@@]32C=C1Br. The van der Waals surface area contributed by atoms with Gasteiger partial charge in [-0.25, -0.2) is 0 Å². The highest BCUT2D eigenvalue weighted by molar-refractivity contribution is 9.11. The lowest BCUT2D eigenvalue weighted by atomic mass is 9.74. The number of allylic oxidation sites excluding steroid dienone is 1. The Morgan fingerprint density at radius 2 is 1.68 bits per heavy atom. The van der Waals surface area contributed by atoms with Crippen LogP contribution in [0, 0.1) is 11.8 Å². The molecule has 248 valence electrons. The molecular weight excluding hydrogens is 666 g/mol. The molecule has 3 amide bonds. The lowest BCUT2D eigenvalue weighted by Gasteiger charge is -2.36. The third kappa shape index (κ3) is 6.40. The summed E-state index contributed by atoms with van der Waals surface area (Å²) in [6.45, 7) is 2.50. The maximum absolute atomic E-state index is 14.8. The number of hydrogen-bond donors (Lipinski definition) is 2. The molecule has 2 aromatic rings. The van der Waals surface area contributed by atoms with Crippen LogP contribution in [0.15, 0.2) is 83.4 Å². The number of benzene rings is 2. The number of ether oxygens (including phenoxy) is 2. The van der Waals surface area contributed by atoms with E-state index in [0.29, 0.717) is 29.3 Å². The van der Waals surface area contributed by atoms with Crippen molar-refractivity contribution in [3.63, 3.8) is 0 Å². The number of carbonyl (C=O) groups is 4.